The maximum atomic E-state index is 12.0. The van der Waals surface area contributed by atoms with Crippen LogP contribution in [0.5, 0.6) is 0 Å². The standard InChI is InChI=1S/C11H19NOS/c1-8(2)9(13)11(3,4)10-12-6-5-7-14-10/h8H,5-7H2,1-4H3. The summed E-state index contributed by atoms with van der Waals surface area (Å²) in [5.41, 5.74) is -0.376. The van der Waals surface area contributed by atoms with Gasteiger partial charge in [-0.3, -0.25) is 9.79 Å². The SMILES string of the molecule is CC(C)C(=O)C(C)(C)C1=NCCCS1. The van der Waals surface area contributed by atoms with Crippen LogP contribution in [0.3, 0.4) is 0 Å². The average Bonchev–Trinajstić information content (AvgIpc) is 2.18. The van der Waals surface area contributed by atoms with E-state index in [0.717, 1.165) is 23.8 Å². The minimum Gasteiger partial charge on any atom is -0.298 e. The topological polar surface area (TPSA) is 29.4 Å². The molecule has 0 aromatic heterocycles. The summed E-state index contributed by atoms with van der Waals surface area (Å²) in [5.74, 6) is 1.49. The third-order valence-electron chi connectivity index (χ3n) is 2.47. The molecule has 0 bridgehead atoms. The van der Waals surface area contributed by atoms with E-state index < -0.39 is 0 Å². The molecule has 1 heterocycles. The van der Waals surface area contributed by atoms with Gasteiger partial charge in [0.2, 0.25) is 0 Å². The zero-order chi connectivity index (χ0) is 10.8. The molecule has 0 aliphatic carbocycles. The van der Waals surface area contributed by atoms with Gasteiger partial charge in [0.05, 0.1) is 10.5 Å². The summed E-state index contributed by atoms with van der Waals surface area (Å²) in [4.78, 5) is 16.4. The molecule has 0 aromatic rings. The Morgan fingerprint density at radius 2 is 2.14 bits per heavy atom. The number of carbonyl (C=O) groups is 1. The third kappa shape index (κ3) is 2.38. The number of nitrogens with zero attached hydrogens (tertiary/aromatic N) is 1. The van der Waals surface area contributed by atoms with Crippen LogP contribution in [0.1, 0.15) is 34.1 Å². The lowest BCUT2D eigenvalue weighted by Crippen LogP contribution is -2.36. The largest absolute Gasteiger partial charge is 0.298 e. The van der Waals surface area contributed by atoms with Gasteiger partial charge in [0.15, 0.2) is 0 Å². The van der Waals surface area contributed by atoms with E-state index in [-0.39, 0.29) is 11.3 Å². The number of aliphatic imine (C=N–C) groups is 1. The van der Waals surface area contributed by atoms with Crippen LogP contribution >= 0.6 is 11.8 Å². The molecule has 2 nitrogen and oxygen atoms in total. The first-order chi connectivity index (χ1) is 6.46. The summed E-state index contributed by atoms with van der Waals surface area (Å²) in [7, 11) is 0. The van der Waals surface area contributed by atoms with E-state index in [1.165, 1.54) is 0 Å². The molecule has 80 valence electrons. The maximum absolute atomic E-state index is 12.0. The number of ketones is 1. The van der Waals surface area contributed by atoms with Crippen molar-refractivity contribution in [1.82, 2.24) is 0 Å². The molecule has 14 heavy (non-hydrogen) atoms. The fourth-order valence-corrected chi connectivity index (χ4v) is 2.78. The molecule has 1 rings (SSSR count). The van der Waals surface area contributed by atoms with Gasteiger partial charge < -0.3 is 0 Å². The van der Waals surface area contributed by atoms with Gasteiger partial charge in [0, 0.05) is 18.2 Å². The van der Waals surface area contributed by atoms with Crippen LogP contribution in [0.2, 0.25) is 0 Å². The Kier molecular flexibility index (Phi) is 3.76. The highest BCUT2D eigenvalue weighted by molar-refractivity contribution is 8.14. The molecule has 0 atom stereocenters. The van der Waals surface area contributed by atoms with Crippen LogP contribution in [-0.4, -0.2) is 23.1 Å². The summed E-state index contributed by atoms with van der Waals surface area (Å²) in [6.45, 7) is 8.78. The Morgan fingerprint density at radius 3 is 2.57 bits per heavy atom. The fourth-order valence-electron chi connectivity index (χ4n) is 1.66. The summed E-state index contributed by atoms with van der Waals surface area (Å²) in [6, 6.07) is 0. The van der Waals surface area contributed by atoms with Crippen molar-refractivity contribution < 1.29 is 4.79 Å². The number of hydrogen-bond donors (Lipinski definition) is 0. The Morgan fingerprint density at radius 1 is 1.50 bits per heavy atom. The van der Waals surface area contributed by atoms with E-state index >= 15 is 0 Å². The van der Waals surface area contributed by atoms with Crippen LogP contribution < -0.4 is 0 Å². The van der Waals surface area contributed by atoms with Crippen LogP contribution in [-0.2, 0) is 4.79 Å². The second-order valence-electron chi connectivity index (χ2n) is 4.53. The van der Waals surface area contributed by atoms with E-state index in [1.807, 2.05) is 27.7 Å². The number of thioether (sulfide) groups is 1. The predicted octanol–water partition coefficient (Wildman–Crippen LogP) is 2.77. The number of rotatable bonds is 3. The second-order valence-corrected chi connectivity index (χ2v) is 5.62. The molecule has 0 saturated carbocycles. The van der Waals surface area contributed by atoms with Crippen molar-refractivity contribution in [2.45, 2.75) is 34.1 Å². The van der Waals surface area contributed by atoms with Crippen LogP contribution in [0.4, 0.5) is 0 Å². The number of carbonyl (C=O) groups excluding carboxylic acids is 1. The first-order valence-corrected chi connectivity index (χ1v) is 6.17. The van der Waals surface area contributed by atoms with E-state index in [4.69, 9.17) is 0 Å². The molecule has 0 fully saturated rings. The average molecular weight is 213 g/mol. The fraction of sp³-hybridized carbons (Fsp3) is 0.818. The number of Topliss-reactive ketones (excluding diaryl/α,β-unsaturated/α-hetero) is 1. The van der Waals surface area contributed by atoms with Gasteiger partial charge in [0.1, 0.15) is 5.78 Å². The quantitative estimate of drug-likeness (QED) is 0.721. The lowest BCUT2D eigenvalue weighted by molar-refractivity contribution is -0.126. The van der Waals surface area contributed by atoms with E-state index in [9.17, 15) is 4.79 Å². The van der Waals surface area contributed by atoms with Crippen LogP contribution in [0.25, 0.3) is 0 Å². The Bertz CT molecular complexity index is 256. The zero-order valence-electron chi connectivity index (χ0n) is 9.46. The lowest BCUT2D eigenvalue weighted by Gasteiger charge is -2.28. The van der Waals surface area contributed by atoms with Gasteiger partial charge in [-0.25, -0.2) is 0 Å². The normalized spacial score (nSPS) is 18.2. The first kappa shape index (κ1) is 11.8. The van der Waals surface area contributed by atoms with E-state index in [2.05, 4.69) is 4.99 Å². The molecule has 0 amide bonds. The first-order valence-electron chi connectivity index (χ1n) is 5.18. The summed E-state index contributed by atoms with van der Waals surface area (Å²) < 4.78 is 0. The van der Waals surface area contributed by atoms with Gasteiger partial charge in [-0.15, -0.1) is 11.8 Å². The molecule has 1 aliphatic heterocycles. The van der Waals surface area contributed by atoms with E-state index in [1.54, 1.807) is 11.8 Å². The molecule has 1 aliphatic rings. The molecule has 0 saturated heterocycles. The van der Waals surface area contributed by atoms with Gasteiger partial charge in [-0.2, -0.15) is 0 Å². The van der Waals surface area contributed by atoms with Gasteiger partial charge in [-0.1, -0.05) is 13.8 Å². The summed E-state index contributed by atoms with van der Waals surface area (Å²) in [5, 5.41) is 1.03. The monoisotopic (exact) mass is 213 g/mol. The Hall–Kier alpha value is -0.310. The zero-order valence-corrected chi connectivity index (χ0v) is 10.3. The highest BCUT2D eigenvalue weighted by Crippen LogP contribution is 2.31. The highest BCUT2D eigenvalue weighted by Gasteiger charge is 2.35. The molecule has 0 aromatic carbocycles. The van der Waals surface area contributed by atoms with Crippen molar-refractivity contribution in [3.05, 3.63) is 0 Å². The molecular weight excluding hydrogens is 194 g/mol. The number of hydrogen-bond acceptors (Lipinski definition) is 3. The molecule has 0 radical (unpaired) electrons. The third-order valence-corrected chi connectivity index (χ3v) is 3.88. The molecule has 0 N–H and O–H groups in total. The van der Waals surface area contributed by atoms with Crippen molar-refractivity contribution in [2.24, 2.45) is 16.3 Å². The predicted molar refractivity (Wildman–Crippen MR) is 63.0 cm³/mol. The van der Waals surface area contributed by atoms with Crippen LogP contribution in [0.15, 0.2) is 4.99 Å². The maximum Gasteiger partial charge on any atom is 0.147 e. The molecule has 3 heteroatoms. The van der Waals surface area contributed by atoms with Crippen LogP contribution in [0, 0.1) is 11.3 Å². The van der Waals surface area contributed by atoms with Crippen molar-refractivity contribution >= 4 is 22.6 Å². The van der Waals surface area contributed by atoms with Gasteiger partial charge >= 0.3 is 0 Å². The summed E-state index contributed by atoms with van der Waals surface area (Å²) in [6.07, 6.45) is 1.14. The van der Waals surface area contributed by atoms with Crippen molar-refractivity contribution in [3.63, 3.8) is 0 Å². The minimum atomic E-state index is -0.376. The lowest BCUT2D eigenvalue weighted by atomic mass is 9.83. The molecule has 0 spiro atoms. The smallest absolute Gasteiger partial charge is 0.147 e. The van der Waals surface area contributed by atoms with Gasteiger partial charge in [-0.05, 0) is 20.3 Å². The Labute approximate surface area is 90.6 Å². The van der Waals surface area contributed by atoms with Gasteiger partial charge in [0.25, 0.3) is 0 Å². The van der Waals surface area contributed by atoms with E-state index in [0.29, 0.717) is 5.78 Å². The van der Waals surface area contributed by atoms with Crippen molar-refractivity contribution in [1.29, 1.82) is 0 Å². The second kappa shape index (κ2) is 4.47. The highest BCUT2D eigenvalue weighted by atomic mass is 32.2. The minimum absolute atomic E-state index is 0.0928. The van der Waals surface area contributed by atoms with Crippen molar-refractivity contribution in [2.75, 3.05) is 12.3 Å². The molecule has 0 unspecified atom stereocenters. The van der Waals surface area contributed by atoms with Crippen molar-refractivity contribution in [3.8, 4) is 0 Å². The Balaban J connectivity index is 2.82. The summed E-state index contributed by atoms with van der Waals surface area (Å²) >= 11 is 1.75. The molecular formula is C11H19NOS.